The fraction of sp³-hybridized carbons (Fsp3) is 0.318. The van der Waals surface area contributed by atoms with Crippen molar-refractivity contribution >= 4 is 45.0 Å². The molecule has 0 aromatic heterocycles. The number of carbonyl (C=O) groups excluding carboxylic acids is 3. The quantitative estimate of drug-likeness (QED) is 0.651. The molecule has 2 aromatic carbocycles. The molecule has 3 saturated heterocycles. The number of carbonyl (C=O) groups is 3. The van der Waals surface area contributed by atoms with Crippen molar-refractivity contribution in [3.63, 3.8) is 0 Å². The Morgan fingerprint density at radius 3 is 2.73 bits per heavy atom. The average Bonchev–Trinajstić information content (AvgIpc) is 3.40. The van der Waals surface area contributed by atoms with E-state index in [0.717, 1.165) is 17.3 Å². The highest BCUT2D eigenvalue weighted by Gasteiger charge is 2.74. The molecule has 6 rings (SSSR count). The molecule has 30 heavy (non-hydrogen) atoms. The number of hydrogen-bond donors (Lipinski definition) is 1. The third kappa shape index (κ3) is 2.03. The van der Waals surface area contributed by atoms with Gasteiger partial charge in [0.15, 0.2) is 0 Å². The van der Waals surface area contributed by atoms with Crippen LogP contribution >= 0.6 is 15.9 Å². The summed E-state index contributed by atoms with van der Waals surface area (Å²) in [6.45, 7) is 0.596. The molecule has 8 heteroatoms. The second-order valence-electron chi connectivity index (χ2n) is 8.31. The second kappa shape index (κ2) is 5.98. The minimum Gasteiger partial charge on any atom is -0.324 e. The number of fused-ring (bicyclic) bond motifs is 7. The van der Waals surface area contributed by atoms with Gasteiger partial charge < -0.3 is 5.32 Å². The zero-order valence-corrected chi connectivity index (χ0v) is 17.4. The van der Waals surface area contributed by atoms with Crippen molar-refractivity contribution in [3.05, 3.63) is 58.3 Å². The molecule has 3 fully saturated rings. The largest absolute Gasteiger partial charge is 0.324 e. The van der Waals surface area contributed by atoms with E-state index in [2.05, 4.69) is 21.2 Å². The molecule has 0 radical (unpaired) electrons. The minimum atomic E-state index is -1.35. The first-order valence-electron chi connectivity index (χ1n) is 9.96. The molecular weight excluding hydrogens is 453 g/mol. The van der Waals surface area contributed by atoms with Gasteiger partial charge in [-0.25, -0.2) is 9.29 Å². The monoisotopic (exact) mass is 469 g/mol. The van der Waals surface area contributed by atoms with E-state index >= 15 is 0 Å². The van der Waals surface area contributed by atoms with Crippen LogP contribution in [-0.2, 0) is 19.9 Å². The first kappa shape index (κ1) is 18.2. The summed E-state index contributed by atoms with van der Waals surface area (Å²) >= 11 is 3.39. The molecule has 1 N–H and O–H groups in total. The predicted molar refractivity (Wildman–Crippen MR) is 110 cm³/mol. The topological polar surface area (TPSA) is 69.7 Å². The van der Waals surface area contributed by atoms with E-state index in [9.17, 15) is 18.8 Å². The van der Waals surface area contributed by atoms with Gasteiger partial charge in [0.1, 0.15) is 11.4 Å². The van der Waals surface area contributed by atoms with Crippen LogP contribution in [0, 0.1) is 17.7 Å². The molecule has 152 valence electrons. The maximum atomic E-state index is 14.2. The summed E-state index contributed by atoms with van der Waals surface area (Å²) in [7, 11) is 0. The predicted octanol–water partition coefficient (Wildman–Crippen LogP) is 3.02. The van der Waals surface area contributed by atoms with E-state index in [1.165, 1.54) is 23.1 Å². The van der Waals surface area contributed by atoms with Gasteiger partial charge in [-0.15, -0.1) is 0 Å². The van der Waals surface area contributed by atoms with E-state index < -0.39 is 29.1 Å². The third-order valence-electron chi connectivity index (χ3n) is 7.02. The lowest BCUT2D eigenvalue weighted by Gasteiger charge is -2.36. The average molecular weight is 470 g/mol. The van der Waals surface area contributed by atoms with Crippen LogP contribution in [0.4, 0.5) is 15.8 Å². The smallest absolute Gasteiger partial charge is 0.250 e. The summed E-state index contributed by atoms with van der Waals surface area (Å²) in [5, 5.41) is 2.84. The SMILES string of the molecule is O=C1[C@H]2[C@@H](C(=O)N1c1cccc(Br)c1)[C@@]1(C(=O)Nc3ccc(F)cc31)N1CCC[C@@H]21. The fourth-order valence-corrected chi connectivity index (χ4v) is 6.43. The summed E-state index contributed by atoms with van der Waals surface area (Å²) in [6.07, 6.45) is 1.55. The Morgan fingerprint density at radius 2 is 1.93 bits per heavy atom. The van der Waals surface area contributed by atoms with Gasteiger partial charge in [-0.05, 0) is 55.8 Å². The molecule has 2 aromatic rings. The Kier molecular flexibility index (Phi) is 3.63. The standard InChI is InChI=1S/C22H17BrFN3O3/c23-11-3-1-4-13(9-11)27-19(28)17-16-5-2-8-26(16)22(18(17)20(27)29)14-10-12(24)6-7-15(14)25-21(22)30/h1,3-4,6-7,9-10,16-18H,2,5,8H2,(H,25,30)/t16-,17+,18-,22-/m0/s1. The highest BCUT2D eigenvalue weighted by Crippen LogP contribution is 2.60. The molecule has 0 bridgehead atoms. The number of nitrogens with one attached hydrogen (secondary N) is 1. The normalized spacial score (nSPS) is 32.0. The lowest BCUT2D eigenvalue weighted by atomic mass is 9.75. The van der Waals surface area contributed by atoms with Crippen LogP contribution in [0.2, 0.25) is 0 Å². The summed E-state index contributed by atoms with van der Waals surface area (Å²) in [4.78, 5) is 43.9. The van der Waals surface area contributed by atoms with Gasteiger partial charge in [0.2, 0.25) is 17.7 Å². The number of nitrogens with zero attached hydrogens (tertiary/aromatic N) is 2. The summed E-state index contributed by atoms with van der Waals surface area (Å²) in [6, 6.07) is 11.0. The minimum absolute atomic E-state index is 0.219. The maximum absolute atomic E-state index is 14.2. The number of halogens is 2. The Hall–Kier alpha value is -2.58. The first-order valence-corrected chi connectivity index (χ1v) is 10.8. The summed E-state index contributed by atoms with van der Waals surface area (Å²) < 4.78 is 15.0. The van der Waals surface area contributed by atoms with Gasteiger partial charge in [-0.3, -0.25) is 19.3 Å². The van der Waals surface area contributed by atoms with Crippen LogP contribution in [0.1, 0.15) is 18.4 Å². The lowest BCUT2D eigenvalue weighted by Crippen LogP contribution is -2.54. The van der Waals surface area contributed by atoms with E-state index in [4.69, 9.17) is 0 Å². The number of hydrogen-bond acceptors (Lipinski definition) is 4. The molecule has 1 spiro atoms. The molecule has 0 aliphatic carbocycles. The van der Waals surface area contributed by atoms with E-state index in [1.807, 2.05) is 11.0 Å². The zero-order chi connectivity index (χ0) is 20.8. The van der Waals surface area contributed by atoms with Gasteiger partial charge in [0.05, 0.1) is 17.5 Å². The lowest BCUT2D eigenvalue weighted by molar-refractivity contribution is -0.135. The number of anilines is 2. The van der Waals surface area contributed by atoms with Crippen LogP contribution in [0.3, 0.4) is 0 Å². The van der Waals surface area contributed by atoms with Gasteiger partial charge in [0, 0.05) is 21.8 Å². The molecule has 4 aliphatic rings. The van der Waals surface area contributed by atoms with Crippen molar-refractivity contribution in [2.24, 2.45) is 11.8 Å². The summed E-state index contributed by atoms with van der Waals surface area (Å²) in [5.41, 5.74) is 0.0980. The van der Waals surface area contributed by atoms with Crippen molar-refractivity contribution in [2.75, 3.05) is 16.8 Å². The van der Waals surface area contributed by atoms with Crippen molar-refractivity contribution in [1.82, 2.24) is 4.90 Å². The molecule has 0 saturated carbocycles. The molecule has 4 heterocycles. The number of rotatable bonds is 1. The maximum Gasteiger partial charge on any atom is 0.250 e. The Morgan fingerprint density at radius 1 is 1.10 bits per heavy atom. The van der Waals surface area contributed by atoms with E-state index in [0.29, 0.717) is 23.5 Å². The van der Waals surface area contributed by atoms with Crippen LogP contribution < -0.4 is 10.2 Å². The third-order valence-corrected chi connectivity index (χ3v) is 7.51. The fourth-order valence-electron chi connectivity index (χ4n) is 6.04. The van der Waals surface area contributed by atoms with E-state index in [1.54, 1.807) is 18.2 Å². The van der Waals surface area contributed by atoms with Gasteiger partial charge in [-0.1, -0.05) is 22.0 Å². The molecule has 3 amide bonds. The molecule has 0 unspecified atom stereocenters. The number of benzene rings is 2. The van der Waals surface area contributed by atoms with Crippen LogP contribution in [0.25, 0.3) is 0 Å². The Labute approximate surface area is 180 Å². The van der Waals surface area contributed by atoms with Crippen molar-refractivity contribution < 1.29 is 18.8 Å². The molecule has 6 nitrogen and oxygen atoms in total. The van der Waals surface area contributed by atoms with Crippen molar-refractivity contribution in [2.45, 2.75) is 24.4 Å². The van der Waals surface area contributed by atoms with Crippen LogP contribution in [0.15, 0.2) is 46.9 Å². The highest BCUT2D eigenvalue weighted by atomic mass is 79.9. The molecular formula is C22H17BrFN3O3. The van der Waals surface area contributed by atoms with Crippen LogP contribution in [-0.4, -0.2) is 35.2 Å². The van der Waals surface area contributed by atoms with Gasteiger partial charge >= 0.3 is 0 Å². The Balaban J connectivity index is 1.57. The summed E-state index contributed by atoms with van der Waals surface area (Å²) in [5.74, 6) is -3.00. The van der Waals surface area contributed by atoms with Crippen molar-refractivity contribution in [3.8, 4) is 0 Å². The second-order valence-corrected chi connectivity index (χ2v) is 9.22. The Bertz CT molecular complexity index is 1150. The molecule has 4 atom stereocenters. The number of amides is 3. The first-order chi connectivity index (χ1) is 14.4. The number of imide groups is 1. The highest BCUT2D eigenvalue weighted by molar-refractivity contribution is 9.10. The van der Waals surface area contributed by atoms with Gasteiger partial charge in [-0.2, -0.15) is 0 Å². The van der Waals surface area contributed by atoms with Gasteiger partial charge in [0.25, 0.3) is 0 Å². The van der Waals surface area contributed by atoms with E-state index in [-0.39, 0.29) is 17.9 Å². The van der Waals surface area contributed by atoms with Crippen LogP contribution in [0.5, 0.6) is 0 Å². The zero-order valence-electron chi connectivity index (χ0n) is 15.8. The molecule has 4 aliphatic heterocycles. The van der Waals surface area contributed by atoms with Crippen molar-refractivity contribution in [1.29, 1.82) is 0 Å².